The molecule has 4 saturated carbocycles. The number of rotatable bonds is 1. The van der Waals surface area contributed by atoms with Gasteiger partial charge >= 0.3 is 5.97 Å². The monoisotopic (exact) mass is 388 g/mol. The molecule has 8 atom stereocenters. The number of carbonyl (C=O) groups is 2. The molecular formula is C23H32O5. The predicted molar refractivity (Wildman–Crippen MR) is 102 cm³/mol. The lowest BCUT2D eigenvalue weighted by Gasteiger charge is -2.64. The minimum atomic E-state index is -0.929. The van der Waals surface area contributed by atoms with E-state index in [0.29, 0.717) is 37.4 Å². The highest BCUT2D eigenvalue weighted by atomic mass is 16.5. The summed E-state index contributed by atoms with van der Waals surface area (Å²) in [6, 6.07) is 0. The summed E-state index contributed by atoms with van der Waals surface area (Å²) in [6.07, 6.45) is 7.20. The maximum atomic E-state index is 12.1. The summed E-state index contributed by atoms with van der Waals surface area (Å²) >= 11 is 0. The highest BCUT2D eigenvalue weighted by Gasteiger charge is 2.70. The minimum Gasteiger partial charge on any atom is -0.458 e. The van der Waals surface area contributed by atoms with E-state index < -0.39 is 17.1 Å². The van der Waals surface area contributed by atoms with Crippen molar-refractivity contribution in [3.05, 3.63) is 11.6 Å². The Balaban J connectivity index is 1.52. The molecule has 0 aromatic carbocycles. The number of ketones is 1. The number of hydrogen-bond acceptors (Lipinski definition) is 5. The van der Waals surface area contributed by atoms with Crippen molar-refractivity contribution in [3.8, 4) is 0 Å². The SMILES string of the molecule is C[C@]12CCC(=O)C[C@H]1CC[C@@H]1[C@@H]2C[C@@H](O)[C@]2(C)[C@@H](C3=CC(=O)OC3)CC[C@]12O. The van der Waals surface area contributed by atoms with Crippen molar-refractivity contribution in [3.63, 3.8) is 0 Å². The van der Waals surface area contributed by atoms with Crippen LogP contribution in [0.2, 0.25) is 0 Å². The summed E-state index contributed by atoms with van der Waals surface area (Å²) in [5.41, 5.74) is -0.619. The number of aliphatic hydroxyl groups excluding tert-OH is 1. The Bertz CT molecular complexity index is 758. The Morgan fingerprint density at radius 2 is 1.89 bits per heavy atom. The number of aliphatic hydroxyl groups is 2. The normalized spacial score (nSPS) is 53.1. The molecule has 4 fully saturated rings. The summed E-state index contributed by atoms with van der Waals surface area (Å²) < 4.78 is 5.15. The molecule has 0 radical (unpaired) electrons. The van der Waals surface area contributed by atoms with Crippen molar-refractivity contribution in [2.45, 2.75) is 76.9 Å². The van der Waals surface area contributed by atoms with Crippen molar-refractivity contribution < 1.29 is 24.5 Å². The average Bonchev–Trinajstić information content (AvgIpc) is 3.19. The lowest BCUT2D eigenvalue weighted by molar-refractivity contribution is -0.241. The molecule has 28 heavy (non-hydrogen) atoms. The average molecular weight is 389 g/mol. The third kappa shape index (κ3) is 2.21. The van der Waals surface area contributed by atoms with Gasteiger partial charge in [-0.2, -0.15) is 0 Å². The molecule has 0 spiro atoms. The maximum Gasteiger partial charge on any atom is 0.331 e. The Morgan fingerprint density at radius 1 is 1.11 bits per heavy atom. The van der Waals surface area contributed by atoms with E-state index in [4.69, 9.17) is 4.74 Å². The van der Waals surface area contributed by atoms with E-state index >= 15 is 0 Å². The van der Waals surface area contributed by atoms with Gasteiger partial charge < -0.3 is 14.9 Å². The Kier molecular flexibility index (Phi) is 3.97. The molecule has 4 aliphatic carbocycles. The number of fused-ring (bicyclic) bond motifs is 5. The van der Waals surface area contributed by atoms with E-state index in [9.17, 15) is 19.8 Å². The first-order chi connectivity index (χ1) is 13.2. The van der Waals surface area contributed by atoms with Crippen LogP contribution in [0.1, 0.15) is 65.2 Å². The lowest BCUT2D eigenvalue weighted by atomic mass is 9.42. The number of hydrogen-bond donors (Lipinski definition) is 2. The van der Waals surface area contributed by atoms with Gasteiger partial charge in [0.2, 0.25) is 0 Å². The summed E-state index contributed by atoms with van der Waals surface area (Å²) in [6.45, 7) is 4.63. The summed E-state index contributed by atoms with van der Waals surface area (Å²) in [5, 5.41) is 23.5. The van der Waals surface area contributed by atoms with Crippen molar-refractivity contribution in [1.29, 1.82) is 0 Å². The molecule has 2 N–H and O–H groups in total. The maximum absolute atomic E-state index is 12.1. The second-order valence-electron chi connectivity index (χ2n) is 10.6. The second-order valence-corrected chi connectivity index (χ2v) is 10.6. The zero-order chi connectivity index (χ0) is 19.9. The van der Waals surface area contributed by atoms with Gasteiger partial charge in [0.15, 0.2) is 0 Å². The first-order valence-electron chi connectivity index (χ1n) is 11.0. The topological polar surface area (TPSA) is 83.8 Å². The number of cyclic esters (lactones) is 1. The van der Waals surface area contributed by atoms with Crippen LogP contribution in [0.15, 0.2) is 11.6 Å². The molecule has 0 aromatic rings. The van der Waals surface area contributed by atoms with Gasteiger partial charge in [-0.3, -0.25) is 4.79 Å². The number of carbonyl (C=O) groups excluding carboxylic acids is 2. The molecule has 0 bridgehead atoms. The first kappa shape index (κ1) is 18.8. The first-order valence-corrected chi connectivity index (χ1v) is 11.0. The minimum absolute atomic E-state index is 0.0154. The van der Waals surface area contributed by atoms with Gasteiger partial charge in [0.25, 0.3) is 0 Å². The van der Waals surface area contributed by atoms with Gasteiger partial charge in [-0.25, -0.2) is 4.79 Å². The van der Waals surface area contributed by atoms with Gasteiger partial charge in [-0.05, 0) is 73.2 Å². The highest BCUT2D eigenvalue weighted by Crippen LogP contribution is 2.69. The lowest BCUT2D eigenvalue weighted by Crippen LogP contribution is -2.66. The van der Waals surface area contributed by atoms with Crippen molar-refractivity contribution >= 4 is 11.8 Å². The molecular weight excluding hydrogens is 356 g/mol. The van der Waals surface area contributed by atoms with Gasteiger partial charge in [0, 0.05) is 24.3 Å². The van der Waals surface area contributed by atoms with E-state index in [1.165, 1.54) is 0 Å². The zero-order valence-corrected chi connectivity index (χ0v) is 16.9. The van der Waals surface area contributed by atoms with Crippen LogP contribution in [0, 0.1) is 34.5 Å². The third-order valence-corrected chi connectivity index (χ3v) is 9.89. The van der Waals surface area contributed by atoms with E-state index in [-0.39, 0.29) is 35.7 Å². The van der Waals surface area contributed by atoms with E-state index in [0.717, 1.165) is 31.3 Å². The van der Waals surface area contributed by atoms with Crippen LogP contribution in [0.4, 0.5) is 0 Å². The molecule has 0 unspecified atom stereocenters. The molecule has 5 nitrogen and oxygen atoms in total. The van der Waals surface area contributed by atoms with Gasteiger partial charge in [0.1, 0.15) is 12.4 Å². The quantitative estimate of drug-likeness (QED) is 0.675. The fourth-order valence-electron chi connectivity index (χ4n) is 8.18. The van der Waals surface area contributed by atoms with Crippen molar-refractivity contribution in [2.75, 3.05) is 6.61 Å². The van der Waals surface area contributed by atoms with E-state index in [1.54, 1.807) is 6.08 Å². The van der Waals surface area contributed by atoms with Crippen LogP contribution < -0.4 is 0 Å². The van der Waals surface area contributed by atoms with Gasteiger partial charge in [0.05, 0.1) is 11.7 Å². The largest absolute Gasteiger partial charge is 0.458 e. The van der Waals surface area contributed by atoms with E-state index in [2.05, 4.69) is 6.92 Å². The molecule has 154 valence electrons. The molecule has 0 saturated heterocycles. The third-order valence-electron chi connectivity index (χ3n) is 9.89. The zero-order valence-electron chi connectivity index (χ0n) is 16.9. The Labute approximate surface area is 166 Å². The van der Waals surface area contributed by atoms with Crippen LogP contribution in [-0.4, -0.2) is 40.3 Å². The van der Waals surface area contributed by atoms with Crippen molar-refractivity contribution in [1.82, 2.24) is 0 Å². The van der Waals surface area contributed by atoms with Crippen LogP contribution in [0.3, 0.4) is 0 Å². The van der Waals surface area contributed by atoms with Crippen LogP contribution >= 0.6 is 0 Å². The van der Waals surface area contributed by atoms with Crippen LogP contribution in [0.5, 0.6) is 0 Å². The van der Waals surface area contributed by atoms with Crippen LogP contribution in [0.25, 0.3) is 0 Å². The number of Topliss-reactive ketones (excluding diaryl/α,β-unsaturated/α-hetero) is 1. The predicted octanol–water partition coefficient (Wildman–Crippen LogP) is 2.78. The second kappa shape index (κ2) is 5.91. The summed E-state index contributed by atoms with van der Waals surface area (Å²) in [4.78, 5) is 23.7. The molecule has 1 aliphatic heterocycles. The molecule has 5 heteroatoms. The standard InChI is InChI=1S/C23H32O5/c1-21-7-5-15(24)10-14(21)3-4-17-18(21)11-19(25)22(2)16(6-8-23(17,22)27)13-9-20(26)28-12-13/h9,14,16-19,25,27H,3-8,10-12H2,1-2H3/t14-,16-,17-,18+,19-,21+,22+,23+/m1/s1. The Hall–Kier alpha value is -1.20. The fourth-order valence-corrected chi connectivity index (χ4v) is 8.18. The number of esters is 1. The molecule has 0 amide bonds. The smallest absolute Gasteiger partial charge is 0.331 e. The highest BCUT2D eigenvalue weighted by molar-refractivity contribution is 5.85. The Morgan fingerprint density at radius 3 is 2.61 bits per heavy atom. The van der Waals surface area contributed by atoms with E-state index in [1.807, 2.05) is 6.92 Å². The molecule has 1 heterocycles. The van der Waals surface area contributed by atoms with Crippen LogP contribution in [-0.2, 0) is 14.3 Å². The summed E-state index contributed by atoms with van der Waals surface area (Å²) in [7, 11) is 0. The molecule has 5 rings (SSSR count). The van der Waals surface area contributed by atoms with Gasteiger partial charge in [-0.1, -0.05) is 13.8 Å². The fraction of sp³-hybridized carbons (Fsp3) is 0.826. The molecule has 5 aliphatic rings. The number of ether oxygens (including phenoxy) is 1. The van der Waals surface area contributed by atoms with Crippen molar-refractivity contribution in [2.24, 2.45) is 34.5 Å². The molecule has 0 aromatic heterocycles. The van der Waals surface area contributed by atoms with Gasteiger partial charge in [-0.15, -0.1) is 0 Å². The summed E-state index contributed by atoms with van der Waals surface area (Å²) in [5.74, 6) is 0.839.